The van der Waals surface area contributed by atoms with E-state index in [9.17, 15) is 0 Å². The molecule has 0 N–H and O–H groups in total. The van der Waals surface area contributed by atoms with Gasteiger partial charge in [-0.3, -0.25) is 0 Å². The fourth-order valence-corrected chi connectivity index (χ4v) is 0.974. The summed E-state index contributed by atoms with van der Waals surface area (Å²) in [4.78, 5) is 0. The molecule has 1 rings (SSSR count). The van der Waals surface area contributed by atoms with Crippen molar-refractivity contribution in [2.24, 2.45) is 0 Å². The summed E-state index contributed by atoms with van der Waals surface area (Å²) in [5.41, 5.74) is 0. The van der Waals surface area contributed by atoms with E-state index in [0.717, 1.165) is 25.9 Å². The van der Waals surface area contributed by atoms with Crippen LogP contribution in [0.1, 0.15) is 26.2 Å². The van der Waals surface area contributed by atoms with Crippen LogP contribution in [0.3, 0.4) is 0 Å². The Kier molecular flexibility index (Phi) is 9.51. The molecule has 0 radical (unpaired) electrons. The molecule has 1 nitrogen and oxygen atoms in total. The van der Waals surface area contributed by atoms with Gasteiger partial charge in [0.15, 0.2) is 0 Å². The molecule has 0 aromatic carbocycles. The second-order valence-electron chi connectivity index (χ2n) is 2.21. The van der Waals surface area contributed by atoms with Crippen molar-refractivity contribution in [3.63, 3.8) is 0 Å². The fraction of sp³-hybridized carbons (Fsp3) is 0.857. The van der Waals surface area contributed by atoms with Crippen LogP contribution in [0.4, 0.5) is 0 Å². The van der Waals surface area contributed by atoms with Crippen molar-refractivity contribution in [1.82, 2.24) is 0 Å². The van der Waals surface area contributed by atoms with Gasteiger partial charge in [-0.05, 0) is 6.42 Å². The summed E-state index contributed by atoms with van der Waals surface area (Å²) in [6.07, 6.45) is 6.32. The average molecular weight is 305 g/mol. The first-order valence-electron chi connectivity index (χ1n) is 3.63. The zero-order valence-electron chi connectivity index (χ0n) is 6.48. The van der Waals surface area contributed by atoms with E-state index in [0.29, 0.717) is 6.10 Å². The third kappa shape index (κ3) is 5.03. The first-order valence-corrected chi connectivity index (χ1v) is 12.7. The Morgan fingerprint density at radius 3 is 2.70 bits per heavy atom. The van der Waals surface area contributed by atoms with Crippen LogP contribution in [0.15, 0.2) is 0 Å². The van der Waals surface area contributed by atoms with E-state index in [2.05, 4.69) is 33.1 Å². The SMILES string of the molecule is CCC1C[CH-]CCO1.[Zn+][I]. The van der Waals surface area contributed by atoms with Crippen LogP contribution < -0.4 is 0 Å². The summed E-state index contributed by atoms with van der Waals surface area (Å²) in [5, 5.41) is 0. The Hall–Kier alpha value is 1.31. The molecule has 1 atom stereocenters. The number of halogens is 1. The molecule has 1 aliphatic rings. The van der Waals surface area contributed by atoms with Crippen molar-refractivity contribution in [2.45, 2.75) is 32.3 Å². The summed E-state index contributed by atoms with van der Waals surface area (Å²) in [7, 11) is 0. The summed E-state index contributed by atoms with van der Waals surface area (Å²) < 4.78 is 5.40. The van der Waals surface area contributed by atoms with Gasteiger partial charge in [0.2, 0.25) is 0 Å². The quantitative estimate of drug-likeness (QED) is 0.411. The molecule has 1 saturated heterocycles. The van der Waals surface area contributed by atoms with Crippen LogP contribution in [-0.2, 0) is 19.5 Å². The number of hydrogen-bond acceptors (Lipinski definition) is 1. The number of rotatable bonds is 1. The first kappa shape index (κ1) is 11.3. The summed E-state index contributed by atoms with van der Waals surface area (Å²) in [5.74, 6) is 0. The topological polar surface area (TPSA) is 9.23 Å². The third-order valence-electron chi connectivity index (χ3n) is 1.56. The van der Waals surface area contributed by atoms with Crippen LogP contribution in [-0.4, -0.2) is 12.7 Å². The minimum absolute atomic E-state index is 0.531. The Balaban J connectivity index is 0.000000371. The molecule has 0 aromatic rings. The molecular weight excluding hydrogens is 292 g/mol. The van der Waals surface area contributed by atoms with E-state index in [1.807, 2.05) is 0 Å². The second kappa shape index (κ2) is 8.41. The number of ether oxygens (including phenoxy) is 1. The van der Waals surface area contributed by atoms with Crippen molar-refractivity contribution in [3.8, 4) is 0 Å². The Morgan fingerprint density at radius 1 is 1.70 bits per heavy atom. The Labute approximate surface area is 84.1 Å². The van der Waals surface area contributed by atoms with Crippen molar-refractivity contribution in [3.05, 3.63) is 6.42 Å². The Morgan fingerprint density at radius 2 is 2.40 bits per heavy atom. The third-order valence-corrected chi connectivity index (χ3v) is 1.56. The second-order valence-corrected chi connectivity index (χ2v) is 2.21. The molecular formula is C7H13IOZn. The van der Waals surface area contributed by atoms with E-state index in [4.69, 9.17) is 4.74 Å². The van der Waals surface area contributed by atoms with Crippen LogP contribution in [0, 0.1) is 6.42 Å². The van der Waals surface area contributed by atoms with Gasteiger partial charge in [-0.25, -0.2) is 0 Å². The maximum absolute atomic E-state index is 5.40. The molecule has 0 amide bonds. The van der Waals surface area contributed by atoms with Crippen molar-refractivity contribution in [2.75, 3.05) is 6.61 Å². The predicted octanol–water partition coefficient (Wildman–Crippen LogP) is 2.66. The van der Waals surface area contributed by atoms with E-state index >= 15 is 0 Å². The molecule has 1 heterocycles. The zero-order valence-corrected chi connectivity index (χ0v) is 11.6. The molecule has 0 spiro atoms. The maximum atomic E-state index is 5.40. The standard InChI is InChI=1S/C7H13O.HI.Zn/c1-2-7-5-3-4-6-8-7;;/h3,7H,2,4-6H2,1H3;1H;/q-1;;+2/p-1. The van der Waals surface area contributed by atoms with Gasteiger partial charge in [0.1, 0.15) is 0 Å². The van der Waals surface area contributed by atoms with Crippen LogP contribution in [0.25, 0.3) is 0 Å². The molecule has 1 aliphatic heterocycles. The van der Waals surface area contributed by atoms with Crippen LogP contribution >= 0.6 is 19.8 Å². The molecule has 0 bridgehead atoms. The monoisotopic (exact) mass is 304 g/mol. The molecule has 56 valence electrons. The zero-order chi connectivity index (χ0) is 7.82. The molecule has 1 fully saturated rings. The van der Waals surface area contributed by atoms with Crippen LogP contribution in [0.5, 0.6) is 0 Å². The molecule has 0 saturated carbocycles. The van der Waals surface area contributed by atoms with Gasteiger partial charge in [-0.1, -0.05) is 6.92 Å². The van der Waals surface area contributed by atoms with E-state index in [1.54, 1.807) is 0 Å². The van der Waals surface area contributed by atoms with Crippen molar-refractivity contribution < 1.29 is 19.5 Å². The van der Waals surface area contributed by atoms with Gasteiger partial charge in [0.05, 0.1) is 0 Å². The molecule has 10 heavy (non-hydrogen) atoms. The average Bonchev–Trinajstić information content (AvgIpc) is 2.10. The van der Waals surface area contributed by atoms with Crippen LogP contribution in [0.2, 0.25) is 0 Å². The minimum atomic E-state index is 0.531. The van der Waals surface area contributed by atoms with Gasteiger partial charge in [-0.2, -0.15) is 12.8 Å². The predicted molar refractivity (Wildman–Crippen MR) is 47.6 cm³/mol. The van der Waals surface area contributed by atoms with E-state index < -0.39 is 0 Å². The van der Waals surface area contributed by atoms with Crippen molar-refractivity contribution >= 4 is 19.8 Å². The van der Waals surface area contributed by atoms with Gasteiger partial charge in [0.25, 0.3) is 0 Å². The first-order chi connectivity index (χ1) is 4.93. The van der Waals surface area contributed by atoms with E-state index in [-0.39, 0.29) is 0 Å². The Bertz CT molecular complexity index is 64.6. The normalized spacial score (nSPS) is 25.0. The molecule has 0 aliphatic carbocycles. The molecule has 1 unspecified atom stereocenters. The van der Waals surface area contributed by atoms with Gasteiger partial charge in [0, 0.05) is 12.7 Å². The summed E-state index contributed by atoms with van der Waals surface area (Å²) >= 11 is 3.62. The number of hydrogen-bond donors (Lipinski definition) is 0. The fourth-order valence-electron chi connectivity index (χ4n) is 0.974. The van der Waals surface area contributed by atoms with Crippen molar-refractivity contribution in [1.29, 1.82) is 0 Å². The van der Waals surface area contributed by atoms with Gasteiger partial charge < -0.3 is 11.2 Å². The summed E-state index contributed by atoms with van der Waals surface area (Å²) in [6, 6.07) is 0. The summed E-state index contributed by atoms with van der Waals surface area (Å²) in [6.45, 7) is 3.11. The molecule has 3 heteroatoms. The van der Waals surface area contributed by atoms with Gasteiger partial charge >= 0.3 is 34.5 Å². The molecule has 0 aromatic heterocycles. The van der Waals surface area contributed by atoms with E-state index in [1.165, 1.54) is 14.8 Å². The van der Waals surface area contributed by atoms with Gasteiger partial charge in [-0.15, -0.1) is 0 Å².